The molecule has 2 atom stereocenters. The highest BCUT2D eigenvalue weighted by Gasteiger charge is 2.24. The van der Waals surface area contributed by atoms with Crippen molar-refractivity contribution >= 4 is 0 Å². The summed E-state index contributed by atoms with van der Waals surface area (Å²) in [5, 5.41) is 3.31. The highest BCUT2D eigenvalue weighted by molar-refractivity contribution is 4.80. The topological polar surface area (TPSA) is 18.5 Å². The Morgan fingerprint density at radius 2 is 2.19 bits per heavy atom. The molecule has 1 saturated heterocycles. The maximum absolute atomic E-state index is 3.31. The van der Waals surface area contributed by atoms with Crippen LogP contribution in [0.3, 0.4) is 0 Å². The number of likely N-dealkylation sites (N-methyl/N-ethyl adjacent to an activating group) is 1. The molecule has 1 aliphatic heterocycles. The van der Waals surface area contributed by atoms with Crippen LogP contribution in [0.5, 0.6) is 0 Å². The van der Waals surface area contributed by atoms with E-state index in [4.69, 9.17) is 0 Å². The minimum atomic E-state index is 0.662. The molecule has 3 heteroatoms. The van der Waals surface area contributed by atoms with Crippen LogP contribution in [0.2, 0.25) is 0 Å². The van der Waals surface area contributed by atoms with Gasteiger partial charge < -0.3 is 10.2 Å². The van der Waals surface area contributed by atoms with Gasteiger partial charge in [0.25, 0.3) is 0 Å². The van der Waals surface area contributed by atoms with E-state index in [1.165, 1.54) is 45.3 Å². The predicted octanol–water partition coefficient (Wildman–Crippen LogP) is 1.40. The van der Waals surface area contributed by atoms with Gasteiger partial charge in [-0.2, -0.15) is 0 Å². The molecule has 16 heavy (non-hydrogen) atoms. The number of rotatable bonds is 7. The van der Waals surface area contributed by atoms with Gasteiger partial charge in [-0.3, -0.25) is 4.90 Å². The quantitative estimate of drug-likeness (QED) is 0.709. The van der Waals surface area contributed by atoms with Gasteiger partial charge in [-0.25, -0.2) is 0 Å². The number of likely N-dealkylation sites (tertiary alicyclic amines) is 1. The number of hydrogen-bond acceptors (Lipinski definition) is 3. The molecule has 0 bridgehead atoms. The fourth-order valence-electron chi connectivity index (χ4n) is 2.56. The summed E-state index contributed by atoms with van der Waals surface area (Å²) in [4.78, 5) is 5.00. The Labute approximate surface area is 101 Å². The van der Waals surface area contributed by atoms with Crippen molar-refractivity contribution < 1.29 is 0 Å². The fraction of sp³-hybridized carbons (Fsp3) is 1.00. The van der Waals surface area contributed by atoms with Crippen molar-refractivity contribution in [3.05, 3.63) is 0 Å². The van der Waals surface area contributed by atoms with Gasteiger partial charge in [-0.05, 0) is 66.8 Å². The van der Waals surface area contributed by atoms with E-state index >= 15 is 0 Å². The van der Waals surface area contributed by atoms with Crippen LogP contribution in [-0.4, -0.2) is 62.7 Å². The summed E-state index contributed by atoms with van der Waals surface area (Å²) in [6.07, 6.45) is 5.40. The zero-order chi connectivity index (χ0) is 12.0. The summed E-state index contributed by atoms with van der Waals surface area (Å²) in [5.74, 6) is 0. The van der Waals surface area contributed by atoms with Crippen LogP contribution in [0.1, 0.15) is 32.6 Å². The Morgan fingerprint density at radius 3 is 2.81 bits per heavy atom. The van der Waals surface area contributed by atoms with E-state index in [-0.39, 0.29) is 0 Å². The zero-order valence-corrected chi connectivity index (χ0v) is 11.5. The second-order valence-corrected chi connectivity index (χ2v) is 5.43. The molecule has 0 aliphatic carbocycles. The Morgan fingerprint density at radius 1 is 1.44 bits per heavy atom. The standard InChI is InChI=1S/C13H29N3/c1-12(14-2)7-5-9-16-10-6-8-13(16)11-15(3)4/h12-14H,5-11H2,1-4H3. The monoisotopic (exact) mass is 227 g/mol. The van der Waals surface area contributed by atoms with Crippen molar-refractivity contribution in [3.8, 4) is 0 Å². The van der Waals surface area contributed by atoms with Gasteiger partial charge in [0, 0.05) is 18.6 Å². The normalized spacial score (nSPS) is 24.2. The van der Waals surface area contributed by atoms with E-state index in [1.54, 1.807) is 0 Å². The molecule has 96 valence electrons. The van der Waals surface area contributed by atoms with Crippen LogP contribution in [0.4, 0.5) is 0 Å². The second-order valence-electron chi connectivity index (χ2n) is 5.43. The first kappa shape index (κ1) is 13.9. The van der Waals surface area contributed by atoms with Crippen molar-refractivity contribution in [2.45, 2.75) is 44.7 Å². The summed E-state index contributed by atoms with van der Waals surface area (Å²) in [5.41, 5.74) is 0. The van der Waals surface area contributed by atoms with Crippen LogP contribution in [-0.2, 0) is 0 Å². The second kappa shape index (κ2) is 7.25. The van der Waals surface area contributed by atoms with Crippen molar-refractivity contribution in [2.75, 3.05) is 40.8 Å². The maximum atomic E-state index is 3.31. The Hall–Kier alpha value is -0.120. The summed E-state index contributed by atoms with van der Waals surface area (Å²) in [7, 11) is 6.41. The molecule has 3 nitrogen and oxygen atoms in total. The van der Waals surface area contributed by atoms with E-state index in [0.717, 1.165) is 6.04 Å². The first-order chi connectivity index (χ1) is 7.63. The number of hydrogen-bond donors (Lipinski definition) is 1. The smallest absolute Gasteiger partial charge is 0.0223 e. The van der Waals surface area contributed by atoms with Crippen molar-refractivity contribution in [3.63, 3.8) is 0 Å². The molecular formula is C13H29N3. The van der Waals surface area contributed by atoms with E-state index in [0.29, 0.717) is 6.04 Å². The van der Waals surface area contributed by atoms with E-state index in [9.17, 15) is 0 Å². The maximum Gasteiger partial charge on any atom is 0.0223 e. The van der Waals surface area contributed by atoms with Crippen LogP contribution in [0.25, 0.3) is 0 Å². The molecule has 0 aromatic carbocycles. The van der Waals surface area contributed by atoms with Crippen LogP contribution >= 0.6 is 0 Å². The van der Waals surface area contributed by atoms with E-state index < -0.39 is 0 Å². The van der Waals surface area contributed by atoms with Gasteiger partial charge in [0.1, 0.15) is 0 Å². The molecule has 1 fully saturated rings. The number of nitrogens with one attached hydrogen (secondary N) is 1. The van der Waals surface area contributed by atoms with E-state index in [1.807, 2.05) is 0 Å². The average molecular weight is 227 g/mol. The highest BCUT2D eigenvalue weighted by atomic mass is 15.2. The molecule has 2 unspecified atom stereocenters. The van der Waals surface area contributed by atoms with Crippen LogP contribution in [0, 0.1) is 0 Å². The first-order valence-corrected chi connectivity index (χ1v) is 6.69. The molecular weight excluding hydrogens is 198 g/mol. The zero-order valence-electron chi connectivity index (χ0n) is 11.5. The Kier molecular flexibility index (Phi) is 6.32. The molecule has 0 aromatic rings. The van der Waals surface area contributed by atoms with Gasteiger partial charge >= 0.3 is 0 Å². The molecule has 1 rings (SSSR count). The van der Waals surface area contributed by atoms with Crippen molar-refractivity contribution in [1.82, 2.24) is 15.1 Å². The third-order valence-corrected chi connectivity index (χ3v) is 3.65. The predicted molar refractivity (Wildman–Crippen MR) is 70.9 cm³/mol. The van der Waals surface area contributed by atoms with Crippen molar-refractivity contribution in [1.29, 1.82) is 0 Å². The molecule has 0 spiro atoms. The lowest BCUT2D eigenvalue weighted by Gasteiger charge is -2.27. The molecule has 0 aromatic heterocycles. The van der Waals surface area contributed by atoms with Gasteiger partial charge in [0.2, 0.25) is 0 Å². The molecule has 1 heterocycles. The van der Waals surface area contributed by atoms with Crippen molar-refractivity contribution in [2.24, 2.45) is 0 Å². The largest absolute Gasteiger partial charge is 0.317 e. The SMILES string of the molecule is CNC(C)CCCN1CCCC1CN(C)C. The minimum Gasteiger partial charge on any atom is -0.317 e. The third-order valence-electron chi connectivity index (χ3n) is 3.65. The lowest BCUT2D eigenvalue weighted by atomic mass is 10.1. The molecule has 0 amide bonds. The van der Waals surface area contributed by atoms with Gasteiger partial charge in [0.15, 0.2) is 0 Å². The van der Waals surface area contributed by atoms with Gasteiger partial charge in [-0.15, -0.1) is 0 Å². The Balaban J connectivity index is 2.19. The first-order valence-electron chi connectivity index (χ1n) is 6.69. The lowest BCUT2D eigenvalue weighted by Crippen LogP contribution is -2.38. The summed E-state index contributed by atoms with van der Waals surface area (Å²) in [6, 6.07) is 1.47. The van der Waals surface area contributed by atoms with E-state index in [2.05, 4.69) is 43.2 Å². The summed E-state index contributed by atoms with van der Waals surface area (Å²) >= 11 is 0. The lowest BCUT2D eigenvalue weighted by molar-refractivity contribution is 0.203. The fourth-order valence-corrected chi connectivity index (χ4v) is 2.56. The highest BCUT2D eigenvalue weighted by Crippen LogP contribution is 2.18. The minimum absolute atomic E-state index is 0.662. The van der Waals surface area contributed by atoms with Crippen LogP contribution in [0.15, 0.2) is 0 Å². The molecule has 0 radical (unpaired) electrons. The molecule has 1 aliphatic rings. The molecule has 0 saturated carbocycles. The number of nitrogens with zero attached hydrogens (tertiary/aromatic N) is 2. The molecule has 1 N–H and O–H groups in total. The summed E-state index contributed by atoms with van der Waals surface area (Å²) in [6.45, 7) is 6.08. The van der Waals surface area contributed by atoms with Gasteiger partial charge in [-0.1, -0.05) is 0 Å². The Bertz CT molecular complexity index is 182. The van der Waals surface area contributed by atoms with Gasteiger partial charge in [0.05, 0.1) is 0 Å². The average Bonchev–Trinajstić information content (AvgIpc) is 2.64. The third kappa shape index (κ3) is 4.81. The summed E-state index contributed by atoms with van der Waals surface area (Å²) < 4.78 is 0. The van der Waals surface area contributed by atoms with Crippen LogP contribution < -0.4 is 5.32 Å².